The quantitative estimate of drug-likeness (QED) is 0.783. The molecule has 0 saturated heterocycles. The Morgan fingerprint density at radius 2 is 1.83 bits per heavy atom. The van der Waals surface area contributed by atoms with Crippen LogP contribution in [0.4, 0.5) is 5.69 Å². The number of hydrogen-bond acceptors (Lipinski definition) is 4. The molecule has 0 heterocycles. The maximum absolute atomic E-state index is 12.3. The second kappa shape index (κ2) is 8.56. The summed E-state index contributed by atoms with van der Waals surface area (Å²) >= 11 is 0. The molecule has 1 N–H and O–H groups in total. The Hall–Kier alpha value is -2.04. The maximum Gasteiger partial charge on any atom is 0.228 e. The van der Waals surface area contributed by atoms with E-state index in [1.165, 1.54) is 0 Å². The molecule has 126 valence electrons. The van der Waals surface area contributed by atoms with E-state index in [9.17, 15) is 14.7 Å². The zero-order valence-corrected chi connectivity index (χ0v) is 13.5. The van der Waals surface area contributed by atoms with E-state index in [0.29, 0.717) is 25.1 Å². The fourth-order valence-electron chi connectivity index (χ4n) is 2.93. The van der Waals surface area contributed by atoms with Gasteiger partial charge in [-0.1, -0.05) is 26.2 Å². The van der Waals surface area contributed by atoms with Crippen LogP contribution >= 0.6 is 0 Å². The molecule has 0 unspecified atom stereocenters. The van der Waals surface area contributed by atoms with Crippen molar-refractivity contribution in [3.63, 3.8) is 0 Å². The Kier molecular flexibility index (Phi) is 6.44. The normalized spacial score (nSPS) is 20.7. The third kappa shape index (κ3) is 4.98. The van der Waals surface area contributed by atoms with Crippen molar-refractivity contribution in [1.29, 1.82) is 0 Å². The Morgan fingerprint density at radius 3 is 2.43 bits per heavy atom. The lowest BCUT2D eigenvalue weighted by Gasteiger charge is -2.31. The number of ether oxygens (including phenoxy) is 1. The molecule has 5 nitrogen and oxygen atoms in total. The van der Waals surface area contributed by atoms with Crippen LogP contribution in [0.5, 0.6) is 5.75 Å². The molecule has 0 bridgehead atoms. The largest absolute Gasteiger partial charge is 0.550 e. The summed E-state index contributed by atoms with van der Waals surface area (Å²) in [5, 5.41) is 14.0. The molecule has 1 aliphatic rings. The molecular formula is C18H24NO4-. The highest BCUT2D eigenvalue weighted by molar-refractivity contribution is 5.95. The van der Waals surface area contributed by atoms with E-state index in [1.807, 2.05) is 12.1 Å². The smallest absolute Gasteiger partial charge is 0.228 e. The summed E-state index contributed by atoms with van der Waals surface area (Å²) in [7, 11) is 0. The first-order valence-electron chi connectivity index (χ1n) is 8.36. The number of anilines is 1. The summed E-state index contributed by atoms with van der Waals surface area (Å²) in [5.74, 6) is -1.78. The second-order valence-electron chi connectivity index (χ2n) is 6.03. The molecule has 23 heavy (non-hydrogen) atoms. The van der Waals surface area contributed by atoms with Gasteiger partial charge in [0.1, 0.15) is 5.75 Å². The van der Waals surface area contributed by atoms with Gasteiger partial charge in [-0.25, -0.2) is 0 Å². The number of aliphatic carboxylic acids is 1. The zero-order valence-electron chi connectivity index (χ0n) is 13.5. The van der Waals surface area contributed by atoms with Crippen LogP contribution in [0, 0.1) is 11.8 Å². The van der Waals surface area contributed by atoms with Crippen LogP contribution in [0.25, 0.3) is 0 Å². The first kappa shape index (κ1) is 17.3. The summed E-state index contributed by atoms with van der Waals surface area (Å²) in [4.78, 5) is 23.5. The number of nitrogens with one attached hydrogen (secondary N) is 1. The number of carbonyl (C=O) groups is 2. The fourth-order valence-corrected chi connectivity index (χ4v) is 2.93. The lowest BCUT2D eigenvalue weighted by molar-refractivity contribution is -0.313. The van der Waals surface area contributed by atoms with Crippen LogP contribution in [0.1, 0.15) is 45.4 Å². The average Bonchev–Trinajstić information content (AvgIpc) is 2.56. The number of rotatable bonds is 7. The molecule has 0 radical (unpaired) electrons. The van der Waals surface area contributed by atoms with E-state index in [2.05, 4.69) is 12.2 Å². The summed E-state index contributed by atoms with van der Waals surface area (Å²) < 4.78 is 5.57. The summed E-state index contributed by atoms with van der Waals surface area (Å²) in [6, 6.07) is 7.16. The molecule has 1 aliphatic carbocycles. The third-order valence-electron chi connectivity index (χ3n) is 4.29. The predicted molar refractivity (Wildman–Crippen MR) is 85.9 cm³/mol. The molecule has 1 aromatic rings. The van der Waals surface area contributed by atoms with Crippen molar-refractivity contribution in [2.45, 2.75) is 45.4 Å². The zero-order chi connectivity index (χ0) is 16.7. The highest BCUT2D eigenvalue weighted by Crippen LogP contribution is 2.31. The lowest BCUT2D eigenvalue weighted by Crippen LogP contribution is -2.42. The highest BCUT2D eigenvalue weighted by Gasteiger charge is 2.31. The number of unbranched alkanes of at least 4 members (excludes halogenated alkanes) is 1. The van der Waals surface area contributed by atoms with E-state index in [-0.39, 0.29) is 5.91 Å². The van der Waals surface area contributed by atoms with E-state index >= 15 is 0 Å². The molecule has 1 saturated carbocycles. The van der Waals surface area contributed by atoms with Gasteiger partial charge in [-0.15, -0.1) is 0 Å². The van der Waals surface area contributed by atoms with Gasteiger partial charge < -0.3 is 20.0 Å². The highest BCUT2D eigenvalue weighted by atomic mass is 16.5. The molecule has 1 fully saturated rings. The van der Waals surface area contributed by atoms with Crippen LogP contribution in [0.2, 0.25) is 0 Å². The van der Waals surface area contributed by atoms with Crippen molar-refractivity contribution >= 4 is 17.6 Å². The topological polar surface area (TPSA) is 78.5 Å². The van der Waals surface area contributed by atoms with Crippen molar-refractivity contribution in [3.05, 3.63) is 24.3 Å². The molecule has 1 aromatic carbocycles. The first-order valence-corrected chi connectivity index (χ1v) is 8.36. The van der Waals surface area contributed by atoms with Crippen molar-refractivity contribution in [1.82, 2.24) is 0 Å². The minimum atomic E-state index is -1.12. The molecule has 0 aliphatic heterocycles. The number of carbonyl (C=O) groups excluding carboxylic acids is 2. The van der Waals surface area contributed by atoms with E-state index < -0.39 is 17.8 Å². The Bertz CT molecular complexity index is 526. The monoisotopic (exact) mass is 318 g/mol. The number of hydrogen-bond donors (Lipinski definition) is 1. The van der Waals surface area contributed by atoms with Crippen molar-refractivity contribution in [3.8, 4) is 5.75 Å². The van der Waals surface area contributed by atoms with Crippen molar-refractivity contribution in [2.24, 2.45) is 11.8 Å². The molecule has 2 rings (SSSR count). The van der Waals surface area contributed by atoms with Crippen LogP contribution in [-0.4, -0.2) is 18.5 Å². The molecule has 1 amide bonds. The van der Waals surface area contributed by atoms with Gasteiger partial charge in [0.05, 0.1) is 6.61 Å². The van der Waals surface area contributed by atoms with Crippen LogP contribution in [-0.2, 0) is 9.59 Å². The number of benzene rings is 1. The van der Waals surface area contributed by atoms with Gasteiger partial charge in [-0.3, -0.25) is 4.79 Å². The standard InChI is InChI=1S/C18H25NO4/c1-2-3-12-23-14-10-8-13(9-11-14)19-17(20)15-6-4-5-7-16(15)18(21)22/h8-11,15-16H,2-7,12H2,1H3,(H,19,20)(H,21,22)/p-1/t15-,16+/m0/s1. The molecule has 2 atom stereocenters. The molecule has 5 heteroatoms. The summed E-state index contributed by atoms with van der Waals surface area (Å²) in [6.45, 7) is 2.78. The van der Waals surface area contributed by atoms with Crippen LogP contribution < -0.4 is 15.2 Å². The van der Waals surface area contributed by atoms with Crippen LogP contribution in [0.15, 0.2) is 24.3 Å². The first-order chi connectivity index (χ1) is 11.1. The Labute approximate surface area is 137 Å². The molecule has 0 spiro atoms. The van der Waals surface area contributed by atoms with E-state index in [0.717, 1.165) is 31.4 Å². The fraction of sp³-hybridized carbons (Fsp3) is 0.556. The summed E-state index contributed by atoms with van der Waals surface area (Å²) in [6.07, 6.45) is 4.92. The minimum Gasteiger partial charge on any atom is -0.550 e. The molecular weight excluding hydrogens is 294 g/mol. The number of carboxylic acids is 1. The average molecular weight is 318 g/mol. The SMILES string of the molecule is CCCCOc1ccc(NC(=O)[C@H]2CCCC[C@H]2C(=O)[O-])cc1. The van der Waals surface area contributed by atoms with E-state index in [4.69, 9.17) is 4.74 Å². The van der Waals surface area contributed by atoms with Crippen molar-refractivity contribution < 1.29 is 19.4 Å². The van der Waals surface area contributed by atoms with Gasteiger partial charge in [0.25, 0.3) is 0 Å². The van der Waals surface area contributed by atoms with Gasteiger partial charge >= 0.3 is 0 Å². The number of carboxylic acid groups (broad SMARTS) is 1. The van der Waals surface area contributed by atoms with E-state index in [1.54, 1.807) is 12.1 Å². The Balaban J connectivity index is 1.92. The maximum atomic E-state index is 12.3. The van der Waals surface area contributed by atoms with Gasteiger partial charge in [0, 0.05) is 23.5 Å². The van der Waals surface area contributed by atoms with Gasteiger partial charge in [-0.05, 0) is 43.5 Å². The van der Waals surface area contributed by atoms with Gasteiger partial charge in [0.15, 0.2) is 0 Å². The Morgan fingerprint density at radius 1 is 1.17 bits per heavy atom. The summed E-state index contributed by atoms with van der Waals surface area (Å²) in [5.41, 5.74) is 0.653. The minimum absolute atomic E-state index is 0.237. The number of amides is 1. The lowest BCUT2D eigenvalue weighted by atomic mass is 9.78. The predicted octanol–water partition coefficient (Wildman–Crippen LogP) is 2.36. The van der Waals surface area contributed by atoms with Gasteiger partial charge in [-0.2, -0.15) is 0 Å². The van der Waals surface area contributed by atoms with Crippen LogP contribution in [0.3, 0.4) is 0 Å². The second-order valence-corrected chi connectivity index (χ2v) is 6.03. The third-order valence-corrected chi connectivity index (χ3v) is 4.29. The van der Waals surface area contributed by atoms with Gasteiger partial charge in [0.2, 0.25) is 5.91 Å². The molecule has 0 aromatic heterocycles. The van der Waals surface area contributed by atoms with Crippen molar-refractivity contribution in [2.75, 3.05) is 11.9 Å².